The van der Waals surface area contributed by atoms with Gasteiger partial charge in [-0.25, -0.2) is 4.98 Å². The Hall–Kier alpha value is -1.10. The summed E-state index contributed by atoms with van der Waals surface area (Å²) in [5, 5.41) is 8.45. The molecule has 3 N–H and O–H groups in total. The summed E-state index contributed by atoms with van der Waals surface area (Å²) in [5.74, 6) is -0.917. The Kier molecular flexibility index (Phi) is 2.65. The molecule has 0 unspecified atom stereocenters. The number of carboxylic acids is 1. The van der Waals surface area contributed by atoms with Crippen molar-refractivity contribution in [2.24, 2.45) is 0 Å². The second-order valence-corrected chi connectivity index (χ2v) is 3.10. The van der Waals surface area contributed by atoms with E-state index >= 15 is 0 Å². The van der Waals surface area contributed by atoms with Crippen LogP contribution in [0.15, 0.2) is 16.7 Å². The second-order valence-electron chi connectivity index (χ2n) is 2.29. The predicted molar refractivity (Wildman–Crippen MR) is 47.7 cm³/mol. The van der Waals surface area contributed by atoms with E-state index in [1.165, 1.54) is 0 Å². The summed E-state index contributed by atoms with van der Waals surface area (Å²) in [5.41, 5.74) is 6.43. The van der Waals surface area contributed by atoms with E-state index in [1.807, 2.05) is 0 Å². The first kappa shape index (κ1) is 8.99. The van der Waals surface area contributed by atoms with E-state index in [-0.39, 0.29) is 6.42 Å². The fourth-order valence-electron chi connectivity index (χ4n) is 0.819. The van der Waals surface area contributed by atoms with Gasteiger partial charge in [0.2, 0.25) is 0 Å². The first-order chi connectivity index (χ1) is 5.58. The van der Waals surface area contributed by atoms with E-state index in [9.17, 15) is 4.79 Å². The molecule has 0 atom stereocenters. The van der Waals surface area contributed by atoms with E-state index in [0.29, 0.717) is 16.0 Å². The quantitative estimate of drug-likeness (QED) is 0.746. The minimum Gasteiger partial charge on any atom is -0.481 e. The minimum atomic E-state index is -0.917. The van der Waals surface area contributed by atoms with Crippen molar-refractivity contribution >= 4 is 27.6 Å². The molecule has 1 aromatic rings. The molecule has 0 saturated heterocycles. The fraction of sp³-hybridized carbons (Fsp3) is 0.143. The molecule has 0 bridgehead atoms. The van der Waals surface area contributed by atoms with Crippen LogP contribution in [-0.2, 0) is 11.2 Å². The lowest BCUT2D eigenvalue weighted by Gasteiger charge is -1.99. The molecule has 5 heteroatoms. The normalized spacial score (nSPS) is 9.75. The number of anilines is 1. The number of hydrogen-bond acceptors (Lipinski definition) is 3. The lowest BCUT2D eigenvalue weighted by Crippen LogP contribution is -2.03. The molecule has 0 spiro atoms. The fourth-order valence-corrected chi connectivity index (χ4v) is 1.31. The molecule has 0 aliphatic rings. The third-order valence-electron chi connectivity index (χ3n) is 1.20. The number of rotatable bonds is 2. The van der Waals surface area contributed by atoms with E-state index < -0.39 is 5.97 Å². The van der Waals surface area contributed by atoms with Crippen molar-refractivity contribution in [3.63, 3.8) is 0 Å². The average Bonchev–Trinajstić information content (AvgIpc) is 1.81. The van der Waals surface area contributed by atoms with Gasteiger partial charge in [0.05, 0.1) is 12.1 Å². The van der Waals surface area contributed by atoms with Gasteiger partial charge in [0, 0.05) is 5.69 Å². The summed E-state index contributed by atoms with van der Waals surface area (Å²) in [6.07, 6.45) is -0.108. The molecular formula is C7H7BrN2O2. The van der Waals surface area contributed by atoms with Crippen LogP contribution < -0.4 is 5.73 Å². The molecule has 0 aliphatic heterocycles. The number of aliphatic carboxylic acids is 1. The molecule has 0 fully saturated rings. The first-order valence-electron chi connectivity index (χ1n) is 3.21. The number of nitrogens with two attached hydrogens (primary N) is 1. The van der Waals surface area contributed by atoms with E-state index in [1.54, 1.807) is 12.1 Å². The molecule has 0 amide bonds. The summed E-state index contributed by atoms with van der Waals surface area (Å²) in [4.78, 5) is 14.2. The molecule has 0 radical (unpaired) electrons. The van der Waals surface area contributed by atoms with E-state index in [0.717, 1.165) is 0 Å². The number of halogens is 1. The van der Waals surface area contributed by atoms with Crippen molar-refractivity contribution in [3.05, 3.63) is 22.4 Å². The van der Waals surface area contributed by atoms with Crippen molar-refractivity contribution in [1.82, 2.24) is 4.98 Å². The van der Waals surface area contributed by atoms with Crippen molar-refractivity contribution in [2.45, 2.75) is 6.42 Å². The maximum atomic E-state index is 10.3. The van der Waals surface area contributed by atoms with E-state index in [4.69, 9.17) is 10.8 Å². The van der Waals surface area contributed by atoms with Gasteiger partial charge < -0.3 is 10.8 Å². The Balaban J connectivity index is 2.93. The van der Waals surface area contributed by atoms with Gasteiger partial charge >= 0.3 is 5.97 Å². The van der Waals surface area contributed by atoms with Crippen LogP contribution in [0.3, 0.4) is 0 Å². The van der Waals surface area contributed by atoms with Crippen LogP contribution >= 0.6 is 15.9 Å². The highest BCUT2D eigenvalue weighted by Gasteiger charge is 2.03. The minimum absolute atomic E-state index is 0.108. The molecule has 0 saturated carbocycles. The molecule has 64 valence electrons. The van der Waals surface area contributed by atoms with E-state index in [2.05, 4.69) is 20.9 Å². The third kappa shape index (κ3) is 2.50. The van der Waals surface area contributed by atoms with Gasteiger partial charge in [-0.3, -0.25) is 4.79 Å². The Bertz CT molecular complexity index is 294. The maximum Gasteiger partial charge on any atom is 0.309 e. The van der Waals surface area contributed by atoms with Crippen LogP contribution in [0.25, 0.3) is 0 Å². The van der Waals surface area contributed by atoms with Gasteiger partial charge in [-0.2, -0.15) is 0 Å². The maximum absolute atomic E-state index is 10.3. The molecule has 0 aromatic carbocycles. The first-order valence-corrected chi connectivity index (χ1v) is 4.01. The highest BCUT2D eigenvalue weighted by molar-refractivity contribution is 9.10. The largest absolute Gasteiger partial charge is 0.481 e. The van der Waals surface area contributed by atoms with Gasteiger partial charge in [-0.15, -0.1) is 0 Å². The Morgan fingerprint density at radius 3 is 2.83 bits per heavy atom. The summed E-state index contributed by atoms with van der Waals surface area (Å²) in [6.45, 7) is 0. The molecule has 4 nitrogen and oxygen atoms in total. The average molecular weight is 231 g/mol. The second kappa shape index (κ2) is 3.53. The number of nitrogen functional groups attached to an aromatic ring is 1. The molecular weight excluding hydrogens is 224 g/mol. The van der Waals surface area contributed by atoms with Crippen LogP contribution in [0, 0.1) is 0 Å². The van der Waals surface area contributed by atoms with Crippen molar-refractivity contribution < 1.29 is 9.90 Å². The molecule has 1 aromatic heterocycles. The zero-order chi connectivity index (χ0) is 9.14. The third-order valence-corrected chi connectivity index (χ3v) is 1.61. The zero-order valence-electron chi connectivity index (χ0n) is 6.12. The topological polar surface area (TPSA) is 76.2 Å². The highest BCUT2D eigenvalue weighted by atomic mass is 79.9. The SMILES string of the molecule is Nc1cc(Br)nc(CC(=O)O)c1. The summed E-state index contributed by atoms with van der Waals surface area (Å²) < 4.78 is 0.554. The van der Waals surface area contributed by atoms with Gasteiger partial charge in [0.1, 0.15) is 4.60 Å². The number of aromatic nitrogens is 1. The molecule has 12 heavy (non-hydrogen) atoms. The number of nitrogens with zero attached hydrogens (tertiary/aromatic N) is 1. The Labute approximate surface area is 77.5 Å². The number of carboxylic acid groups (broad SMARTS) is 1. The van der Waals surface area contributed by atoms with Crippen LogP contribution in [0.1, 0.15) is 5.69 Å². The molecule has 1 heterocycles. The standard InChI is InChI=1S/C7H7BrN2O2/c8-6-2-4(9)1-5(10-6)3-7(11)12/h1-2H,3H2,(H2,9,10)(H,11,12). The lowest BCUT2D eigenvalue weighted by atomic mass is 10.2. The van der Waals surface area contributed by atoms with Crippen molar-refractivity contribution in [1.29, 1.82) is 0 Å². The molecule has 1 rings (SSSR count). The molecule has 0 aliphatic carbocycles. The van der Waals surface area contributed by atoms with Gasteiger partial charge in [-0.05, 0) is 28.1 Å². The van der Waals surface area contributed by atoms with Gasteiger partial charge in [0.15, 0.2) is 0 Å². The highest BCUT2D eigenvalue weighted by Crippen LogP contribution is 2.13. The van der Waals surface area contributed by atoms with Crippen LogP contribution in [-0.4, -0.2) is 16.1 Å². The number of carbonyl (C=O) groups is 1. The summed E-state index contributed by atoms with van der Waals surface area (Å²) in [6, 6.07) is 3.16. The Morgan fingerprint density at radius 2 is 2.33 bits per heavy atom. The van der Waals surface area contributed by atoms with Crippen molar-refractivity contribution in [3.8, 4) is 0 Å². The smallest absolute Gasteiger partial charge is 0.309 e. The zero-order valence-corrected chi connectivity index (χ0v) is 7.71. The van der Waals surface area contributed by atoms with Gasteiger partial charge in [-0.1, -0.05) is 0 Å². The van der Waals surface area contributed by atoms with Crippen LogP contribution in [0.4, 0.5) is 5.69 Å². The monoisotopic (exact) mass is 230 g/mol. The Morgan fingerprint density at radius 1 is 1.67 bits per heavy atom. The van der Waals surface area contributed by atoms with Crippen LogP contribution in [0.5, 0.6) is 0 Å². The number of hydrogen-bond donors (Lipinski definition) is 2. The van der Waals surface area contributed by atoms with Crippen molar-refractivity contribution in [2.75, 3.05) is 5.73 Å². The predicted octanol–water partition coefficient (Wildman–Crippen LogP) is 1.05. The summed E-state index contributed by atoms with van der Waals surface area (Å²) in [7, 11) is 0. The lowest BCUT2D eigenvalue weighted by molar-refractivity contribution is -0.136. The summed E-state index contributed by atoms with van der Waals surface area (Å²) >= 11 is 3.12. The number of pyridine rings is 1. The van der Waals surface area contributed by atoms with Gasteiger partial charge in [0.25, 0.3) is 0 Å². The van der Waals surface area contributed by atoms with Crippen LogP contribution in [0.2, 0.25) is 0 Å².